The van der Waals surface area contributed by atoms with Gasteiger partial charge in [0, 0.05) is 36.8 Å². The van der Waals surface area contributed by atoms with Crippen molar-refractivity contribution in [2.75, 3.05) is 13.1 Å². The summed E-state index contributed by atoms with van der Waals surface area (Å²) >= 11 is 0. The molecule has 2 atom stereocenters. The number of carbonyl (C=O) groups is 1. The molecule has 1 amide bonds. The molecule has 1 aliphatic rings. The van der Waals surface area contributed by atoms with Crippen LogP contribution < -0.4 is 5.32 Å². The van der Waals surface area contributed by atoms with Crippen molar-refractivity contribution in [2.45, 2.75) is 25.9 Å². The van der Waals surface area contributed by atoms with Crippen LogP contribution in [0.2, 0.25) is 0 Å². The number of rotatable bonds is 2. The van der Waals surface area contributed by atoms with Gasteiger partial charge in [-0.05, 0) is 26.0 Å². The number of benzene rings is 1. The van der Waals surface area contributed by atoms with E-state index in [1.165, 1.54) is 6.07 Å². The number of nitro benzene ring substituents is 1. The molecule has 1 saturated heterocycles. The van der Waals surface area contributed by atoms with Crippen molar-refractivity contribution in [3.05, 3.63) is 33.9 Å². The van der Waals surface area contributed by atoms with Crippen molar-refractivity contribution in [3.8, 4) is 5.75 Å². The molecule has 2 N–H and O–H groups in total. The fraction of sp³-hybridized carbons (Fsp3) is 0.462. The Morgan fingerprint density at radius 2 is 2.20 bits per heavy atom. The average molecular weight is 279 g/mol. The molecule has 0 saturated carbocycles. The molecule has 2 rings (SSSR count). The van der Waals surface area contributed by atoms with Crippen LogP contribution in [0.4, 0.5) is 5.69 Å². The molecule has 0 bridgehead atoms. The zero-order valence-electron chi connectivity index (χ0n) is 11.4. The first-order valence-corrected chi connectivity index (χ1v) is 6.42. The van der Waals surface area contributed by atoms with E-state index in [2.05, 4.69) is 5.32 Å². The Hall–Kier alpha value is -2.15. The van der Waals surface area contributed by atoms with Crippen molar-refractivity contribution >= 4 is 11.6 Å². The van der Waals surface area contributed by atoms with Gasteiger partial charge in [-0.3, -0.25) is 14.9 Å². The second-order valence-electron chi connectivity index (χ2n) is 5.08. The van der Waals surface area contributed by atoms with E-state index in [0.29, 0.717) is 13.1 Å². The van der Waals surface area contributed by atoms with E-state index in [4.69, 9.17) is 0 Å². The lowest BCUT2D eigenvalue weighted by molar-refractivity contribution is -0.385. The number of carbonyl (C=O) groups excluding carboxylic acids is 1. The molecule has 1 fully saturated rings. The zero-order chi connectivity index (χ0) is 14.9. The largest absolute Gasteiger partial charge is 0.502 e. The Kier molecular flexibility index (Phi) is 3.89. The Balaban J connectivity index is 2.24. The highest BCUT2D eigenvalue weighted by molar-refractivity contribution is 5.95. The highest BCUT2D eigenvalue weighted by Gasteiger charge is 2.28. The van der Waals surface area contributed by atoms with Gasteiger partial charge in [-0.1, -0.05) is 0 Å². The van der Waals surface area contributed by atoms with Crippen molar-refractivity contribution in [3.63, 3.8) is 0 Å². The predicted molar refractivity (Wildman–Crippen MR) is 72.7 cm³/mol. The van der Waals surface area contributed by atoms with E-state index in [0.717, 1.165) is 12.1 Å². The number of hydrogen-bond donors (Lipinski definition) is 2. The standard InChI is InChI=1S/C13H17N3O4/c1-8-7-15(9(2)6-14-8)13(18)10-3-4-11(16(19)20)12(17)5-10/h3-5,8-9,14,17H,6-7H2,1-2H3. The first-order chi connectivity index (χ1) is 9.40. The molecule has 0 spiro atoms. The number of phenols is 1. The van der Waals surface area contributed by atoms with Crippen molar-refractivity contribution in [1.29, 1.82) is 0 Å². The summed E-state index contributed by atoms with van der Waals surface area (Å²) in [5.41, 5.74) is -0.141. The highest BCUT2D eigenvalue weighted by atomic mass is 16.6. The maximum atomic E-state index is 12.4. The monoisotopic (exact) mass is 279 g/mol. The Labute approximate surface area is 116 Å². The Morgan fingerprint density at radius 3 is 2.80 bits per heavy atom. The van der Waals surface area contributed by atoms with Crippen LogP contribution in [0.3, 0.4) is 0 Å². The molecule has 108 valence electrons. The van der Waals surface area contributed by atoms with Crippen molar-refractivity contribution in [1.82, 2.24) is 10.2 Å². The fourth-order valence-corrected chi connectivity index (χ4v) is 2.28. The van der Waals surface area contributed by atoms with Gasteiger partial charge in [-0.15, -0.1) is 0 Å². The first-order valence-electron chi connectivity index (χ1n) is 6.42. The zero-order valence-corrected chi connectivity index (χ0v) is 11.4. The van der Waals surface area contributed by atoms with Gasteiger partial charge in [-0.2, -0.15) is 0 Å². The molecule has 1 heterocycles. The molecule has 0 radical (unpaired) electrons. The molecule has 1 aliphatic heterocycles. The summed E-state index contributed by atoms with van der Waals surface area (Å²) in [6.45, 7) is 5.19. The quantitative estimate of drug-likeness (QED) is 0.625. The lowest BCUT2D eigenvalue weighted by Crippen LogP contribution is -2.56. The summed E-state index contributed by atoms with van der Waals surface area (Å²) in [5.74, 6) is -0.715. The minimum Gasteiger partial charge on any atom is -0.502 e. The Morgan fingerprint density at radius 1 is 1.50 bits per heavy atom. The minimum atomic E-state index is -0.681. The van der Waals surface area contributed by atoms with E-state index in [1.807, 2.05) is 13.8 Å². The number of nitrogens with one attached hydrogen (secondary N) is 1. The summed E-state index contributed by atoms with van der Waals surface area (Å²) in [5, 5.41) is 23.5. The van der Waals surface area contributed by atoms with Gasteiger partial charge in [0.05, 0.1) is 4.92 Å². The van der Waals surface area contributed by atoms with Crippen LogP contribution in [0.25, 0.3) is 0 Å². The summed E-state index contributed by atoms with van der Waals surface area (Å²) in [6, 6.07) is 3.91. The lowest BCUT2D eigenvalue weighted by Gasteiger charge is -2.37. The summed E-state index contributed by atoms with van der Waals surface area (Å²) < 4.78 is 0. The lowest BCUT2D eigenvalue weighted by atomic mass is 10.1. The number of hydrogen-bond acceptors (Lipinski definition) is 5. The van der Waals surface area contributed by atoms with Gasteiger partial charge in [0.1, 0.15) is 0 Å². The van der Waals surface area contributed by atoms with E-state index < -0.39 is 16.4 Å². The number of phenolic OH excluding ortho intramolecular Hbond substituents is 1. The van der Waals surface area contributed by atoms with Crippen LogP contribution in [0.1, 0.15) is 24.2 Å². The first kappa shape index (κ1) is 14.3. The molecule has 2 unspecified atom stereocenters. The van der Waals surface area contributed by atoms with E-state index in [9.17, 15) is 20.0 Å². The van der Waals surface area contributed by atoms with E-state index in [1.54, 1.807) is 4.90 Å². The third kappa shape index (κ3) is 2.72. The molecule has 0 aromatic heterocycles. The molecule has 0 aliphatic carbocycles. The topological polar surface area (TPSA) is 95.7 Å². The van der Waals surface area contributed by atoms with E-state index in [-0.39, 0.29) is 23.6 Å². The third-order valence-electron chi connectivity index (χ3n) is 3.44. The maximum Gasteiger partial charge on any atom is 0.310 e. The number of nitro groups is 1. The van der Waals surface area contributed by atoms with Gasteiger partial charge in [-0.25, -0.2) is 0 Å². The van der Waals surface area contributed by atoms with Crippen molar-refractivity contribution in [2.24, 2.45) is 0 Å². The van der Waals surface area contributed by atoms with Crippen LogP contribution in [0.15, 0.2) is 18.2 Å². The maximum absolute atomic E-state index is 12.4. The van der Waals surface area contributed by atoms with Crippen LogP contribution in [-0.2, 0) is 0 Å². The van der Waals surface area contributed by atoms with Gasteiger partial charge in [0.2, 0.25) is 0 Å². The number of piperazine rings is 1. The van der Waals surface area contributed by atoms with Gasteiger partial charge >= 0.3 is 5.69 Å². The fourth-order valence-electron chi connectivity index (χ4n) is 2.28. The number of amides is 1. The van der Waals surface area contributed by atoms with Gasteiger partial charge in [0.15, 0.2) is 5.75 Å². The highest BCUT2D eigenvalue weighted by Crippen LogP contribution is 2.27. The van der Waals surface area contributed by atoms with Crippen LogP contribution >= 0.6 is 0 Å². The van der Waals surface area contributed by atoms with Crippen LogP contribution in [0.5, 0.6) is 5.75 Å². The number of nitrogens with zero attached hydrogens (tertiary/aromatic N) is 2. The molecule has 7 nitrogen and oxygen atoms in total. The smallest absolute Gasteiger partial charge is 0.310 e. The van der Waals surface area contributed by atoms with E-state index >= 15 is 0 Å². The SMILES string of the molecule is CC1CN(C(=O)c2ccc([N+](=O)[O-])c(O)c2)C(C)CN1. The molecule has 7 heteroatoms. The number of aromatic hydroxyl groups is 1. The molecular weight excluding hydrogens is 262 g/mol. The van der Waals surface area contributed by atoms with Gasteiger partial charge < -0.3 is 15.3 Å². The summed E-state index contributed by atoms with van der Waals surface area (Å²) in [7, 11) is 0. The Bertz CT molecular complexity index is 546. The van der Waals surface area contributed by atoms with Gasteiger partial charge in [0.25, 0.3) is 5.91 Å². The second kappa shape index (κ2) is 5.46. The third-order valence-corrected chi connectivity index (χ3v) is 3.44. The normalized spacial score (nSPS) is 22.6. The van der Waals surface area contributed by atoms with Crippen LogP contribution in [0, 0.1) is 10.1 Å². The predicted octanol–water partition coefficient (Wildman–Crippen LogP) is 1.12. The summed E-state index contributed by atoms with van der Waals surface area (Å²) in [4.78, 5) is 24.1. The molecule has 1 aromatic rings. The molecular formula is C13H17N3O4. The minimum absolute atomic E-state index is 0.0380. The molecule has 20 heavy (non-hydrogen) atoms. The molecule has 1 aromatic carbocycles. The average Bonchev–Trinajstić information content (AvgIpc) is 2.40. The second-order valence-corrected chi connectivity index (χ2v) is 5.08. The summed E-state index contributed by atoms with van der Waals surface area (Å²) in [6.07, 6.45) is 0. The van der Waals surface area contributed by atoms with Crippen molar-refractivity contribution < 1.29 is 14.8 Å². The van der Waals surface area contributed by atoms with Crippen LogP contribution in [-0.4, -0.2) is 46.0 Å².